The van der Waals surface area contributed by atoms with Crippen LogP contribution in [0.3, 0.4) is 0 Å². The van der Waals surface area contributed by atoms with Crippen LogP contribution in [0, 0.1) is 0 Å². The van der Waals surface area contributed by atoms with E-state index >= 15 is 0 Å². The fraction of sp³-hybridized carbons (Fsp3) is 0.269. The van der Waals surface area contributed by atoms with Crippen LogP contribution in [0.15, 0.2) is 78.9 Å². The summed E-state index contributed by atoms with van der Waals surface area (Å²) in [5.74, 6) is 0.0509. The quantitative estimate of drug-likeness (QED) is 0.601. The molecule has 0 aliphatic heterocycles. The Morgan fingerprint density at radius 3 is 1.72 bits per heavy atom. The molecule has 0 radical (unpaired) electrons. The van der Waals surface area contributed by atoms with Crippen LogP contribution in [0.1, 0.15) is 42.1 Å². The Labute approximate surface area is 174 Å². The molecule has 0 bridgehead atoms. The van der Waals surface area contributed by atoms with Crippen molar-refractivity contribution in [2.24, 2.45) is 0 Å². The molecule has 0 saturated carbocycles. The highest BCUT2D eigenvalue weighted by atomic mass is 16.2. The molecule has 1 atom stereocenters. The first-order chi connectivity index (χ1) is 14.1. The van der Waals surface area contributed by atoms with Gasteiger partial charge in [0.25, 0.3) is 5.91 Å². The van der Waals surface area contributed by atoms with Crippen LogP contribution >= 0.6 is 0 Å². The van der Waals surface area contributed by atoms with E-state index in [2.05, 4.69) is 92.9 Å². The number of nitrogens with one attached hydrogen (secondary N) is 2. The first-order valence-corrected chi connectivity index (χ1v) is 10.5. The Hall–Kier alpha value is -2.91. The molecule has 3 aromatic rings. The van der Waals surface area contributed by atoms with Crippen molar-refractivity contribution in [2.75, 3.05) is 18.9 Å². The van der Waals surface area contributed by atoms with Crippen molar-refractivity contribution < 1.29 is 9.69 Å². The lowest BCUT2D eigenvalue weighted by Gasteiger charge is -2.26. The Morgan fingerprint density at radius 1 is 0.793 bits per heavy atom. The number of carbonyl (C=O) groups excluding carboxylic acids is 1. The third kappa shape index (κ3) is 5.12. The SMILES string of the molecule is CCc1cccc(CC)c1NC(=O)C[NH+](C)C(c1ccccc1)c1ccccc1. The molecular formula is C26H31N2O+. The minimum absolute atomic E-state index is 0.0509. The zero-order valence-corrected chi connectivity index (χ0v) is 17.6. The van der Waals surface area contributed by atoms with E-state index < -0.39 is 0 Å². The van der Waals surface area contributed by atoms with Gasteiger partial charge in [0.2, 0.25) is 0 Å². The summed E-state index contributed by atoms with van der Waals surface area (Å²) in [7, 11) is 2.09. The van der Waals surface area contributed by atoms with E-state index in [-0.39, 0.29) is 11.9 Å². The van der Waals surface area contributed by atoms with Gasteiger partial charge in [-0.2, -0.15) is 0 Å². The summed E-state index contributed by atoms with van der Waals surface area (Å²) in [5.41, 5.74) is 5.81. The number of hydrogen-bond donors (Lipinski definition) is 2. The van der Waals surface area contributed by atoms with E-state index in [0.717, 1.165) is 23.4 Å². The summed E-state index contributed by atoms with van der Waals surface area (Å²) < 4.78 is 0. The van der Waals surface area contributed by atoms with Crippen LogP contribution in [-0.4, -0.2) is 19.5 Å². The van der Waals surface area contributed by atoms with Crippen molar-refractivity contribution in [3.8, 4) is 0 Å². The third-order valence-electron chi connectivity index (χ3n) is 5.46. The predicted octanol–water partition coefficient (Wildman–Crippen LogP) is 4.05. The molecule has 29 heavy (non-hydrogen) atoms. The van der Waals surface area contributed by atoms with Gasteiger partial charge >= 0.3 is 0 Å². The minimum Gasteiger partial charge on any atom is -0.321 e. The number of aryl methyl sites for hydroxylation is 2. The van der Waals surface area contributed by atoms with Crippen LogP contribution in [0.25, 0.3) is 0 Å². The van der Waals surface area contributed by atoms with Gasteiger partial charge in [0.1, 0.15) is 6.04 Å². The molecule has 0 saturated heterocycles. The smallest absolute Gasteiger partial charge is 0.279 e. The molecule has 3 aromatic carbocycles. The molecule has 3 rings (SSSR count). The topological polar surface area (TPSA) is 33.5 Å². The van der Waals surface area contributed by atoms with Crippen molar-refractivity contribution in [3.63, 3.8) is 0 Å². The summed E-state index contributed by atoms with van der Waals surface area (Å²) in [5, 5.41) is 3.21. The van der Waals surface area contributed by atoms with Crippen LogP contribution in [0.4, 0.5) is 5.69 Å². The summed E-state index contributed by atoms with van der Waals surface area (Å²) in [6.07, 6.45) is 1.81. The average Bonchev–Trinajstić information content (AvgIpc) is 2.75. The molecular weight excluding hydrogens is 356 g/mol. The Morgan fingerprint density at radius 2 is 1.28 bits per heavy atom. The van der Waals surface area contributed by atoms with E-state index in [1.54, 1.807) is 0 Å². The van der Waals surface area contributed by atoms with Gasteiger partial charge in [-0.25, -0.2) is 0 Å². The molecule has 0 fully saturated rings. The molecule has 3 nitrogen and oxygen atoms in total. The first-order valence-electron chi connectivity index (χ1n) is 10.5. The Balaban J connectivity index is 1.82. The van der Waals surface area contributed by atoms with Gasteiger partial charge in [0.15, 0.2) is 6.54 Å². The molecule has 0 aliphatic rings. The standard InChI is InChI=1S/C26H30N2O/c1-4-20-17-12-18-21(5-2)25(20)27-24(29)19-28(3)26(22-13-8-6-9-14-22)23-15-10-7-11-16-23/h6-18,26H,4-5,19H2,1-3H3,(H,27,29)/p+1. The number of anilines is 1. The predicted molar refractivity (Wildman–Crippen MR) is 120 cm³/mol. The van der Waals surface area contributed by atoms with Crippen LogP contribution in [0.2, 0.25) is 0 Å². The Bertz CT molecular complexity index is 860. The van der Waals surface area contributed by atoms with Crippen molar-refractivity contribution in [3.05, 3.63) is 101 Å². The molecule has 2 N–H and O–H groups in total. The van der Waals surface area contributed by atoms with Gasteiger partial charge in [-0.15, -0.1) is 0 Å². The first kappa shape index (κ1) is 20.8. The molecule has 1 amide bonds. The van der Waals surface area contributed by atoms with E-state index in [1.165, 1.54) is 22.3 Å². The lowest BCUT2D eigenvalue weighted by atomic mass is 9.97. The number of carbonyl (C=O) groups is 1. The minimum atomic E-state index is 0.0509. The maximum Gasteiger partial charge on any atom is 0.279 e. The summed E-state index contributed by atoms with van der Waals surface area (Å²) >= 11 is 0. The van der Waals surface area contributed by atoms with Crippen LogP contribution < -0.4 is 10.2 Å². The van der Waals surface area contributed by atoms with Gasteiger partial charge in [0, 0.05) is 16.8 Å². The highest BCUT2D eigenvalue weighted by Crippen LogP contribution is 2.22. The molecule has 1 unspecified atom stereocenters. The normalized spacial score (nSPS) is 12.0. The number of amides is 1. The van der Waals surface area contributed by atoms with Crippen molar-refractivity contribution >= 4 is 11.6 Å². The van der Waals surface area contributed by atoms with Crippen molar-refractivity contribution in [1.82, 2.24) is 0 Å². The lowest BCUT2D eigenvalue weighted by Crippen LogP contribution is -3.10. The molecule has 0 aliphatic carbocycles. The highest BCUT2D eigenvalue weighted by Gasteiger charge is 2.25. The average molecular weight is 388 g/mol. The fourth-order valence-corrected chi connectivity index (χ4v) is 3.99. The maximum absolute atomic E-state index is 13.0. The molecule has 0 spiro atoms. The van der Waals surface area contributed by atoms with Gasteiger partial charge in [-0.05, 0) is 24.0 Å². The monoisotopic (exact) mass is 387 g/mol. The Kier molecular flexibility index (Phi) is 7.20. The number of quaternary nitrogens is 1. The van der Waals surface area contributed by atoms with Gasteiger partial charge < -0.3 is 10.2 Å². The van der Waals surface area contributed by atoms with Crippen molar-refractivity contribution in [1.29, 1.82) is 0 Å². The van der Waals surface area contributed by atoms with E-state index in [4.69, 9.17) is 0 Å². The van der Waals surface area contributed by atoms with Gasteiger partial charge in [0.05, 0.1) is 7.05 Å². The fourth-order valence-electron chi connectivity index (χ4n) is 3.99. The zero-order chi connectivity index (χ0) is 20.6. The second-order valence-electron chi connectivity index (χ2n) is 7.48. The molecule has 3 heteroatoms. The third-order valence-corrected chi connectivity index (χ3v) is 5.46. The maximum atomic E-state index is 13.0. The number of hydrogen-bond acceptors (Lipinski definition) is 1. The second kappa shape index (κ2) is 10.0. The number of rotatable bonds is 8. The number of likely N-dealkylation sites (N-methyl/N-ethyl adjacent to an activating group) is 1. The van der Waals surface area contributed by atoms with Gasteiger partial charge in [-0.1, -0.05) is 92.7 Å². The zero-order valence-electron chi connectivity index (χ0n) is 17.6. The van der Waals surface area contributed by atoms with Crippen LogP contribution in [-0.2, 0) is 17.6 Å². The second-order valence-corrected chi connectivity index (χ2v) is 7.48. The highest BCUT2D eigenvalue weighted by molar-refractivity contribution is 5.93. The lowest BCUT2D eigenvalue weighted by molar-refractivity contribution is -0.897. The molecule has 0 heterocycles. The summed E-state index contributed by atoms with van der Waals surface area (Å²) in [6, 6.07) is 27.2. The van der Waals surface area contributed by atoms with E-state index in [9.17, 15) is 4.79 Å². The number of benzene rings is 3. The molecule has 150 valence electrons. The van der Waals surface area contributed by atoms with E-state index in [1.807, 2.05) is 12.1 Å². The van der Waals surface area contributed by atoms with E-state index in [0.29, 0.717) is 6.54 Å². The molecule has 0 aromatic heterocycles. The summed E-state index contributed by atoms with van der Waals surface area (Å²) in [6.45, 7) is 4.65. The summed E-state index contributed by atoms with van der Waals surface area (Å²) in [4.78, 5) is 14.1. The van der Waals surface area contributed by atoms with Crippen molar-refractivity contribution in [2.45, 2.75) is 32.7 Å². The van der Waals surface area contributed by atoms with Crippen LogP contribution in [0.5, 0.6) is 0 Å². The number of para-hydroxylation sites is 1. The van der Waals surface area contributed by atoms with Gasteiger partial charge in [-0.3, -0.25) is 4.79 Å². The largest absolute Gasteiger partial charge is 0.321 e.